The highest BCUT2D eigenvalue weighted by atomic mass is 16.1. The molecule has 0 bridgehead atoms. The lowest BCUT2D eigenvalue weighted by Gasteiger charge is -2.46. The molecule has 2 radical (unpaired) electrons. The highest BCUT2D eigenvalue weighted by molar-refractivity contribution is 6.60. The van der Waals surface area contributed by atoms with Crippen LogP contribution in [0.15, 0.2) is 0 Å². The third kappa shape index (κ3) is 2.37. The Hall–Kier alpha value is -1.05. The molecule has 2 heterocycles. The van der Waals surface area contributed by atoms with E-state index in [0.29, 0.717) is 12.8 Å². The predicted octanol–water partition coefficient (Wildman–Crippen LogP) is -0.327. The normalized spacial score (nSPS) is 32.4. The second kappa shape index (κ2) is 5.63. The molecule has 3 rings (SSSR count). The topological polar surface area (TPSA) is 60.9 Å². The van der Waals surface area contributed by atoms with Gasteiger partial charge in [-0.1, -0.05) is 0 Å². The van der Waals surface area contributed by atoms with Crippen LogP contribution in [0.4, 0.5) is 0 Å². The molecule has 0 aromatic carbocycles. The van der Waals surface area contributed by atoms with Crippen LogP contribution < -0.4 is 0 Å². The minimum atomic E-state index is -0.739. The van der Waals surface area contributed by atoms with Gasteiger partial charge in [0.1, 0.15) is 12.6 Å². The van der Waals surface area contributed by atoms with Gasteiger partial charge >= 0.3 is 0 Å². The number of nitrogens with zero attached hydrogens (tertiary/aromatic N) is 3. The van der Waals surface area contributed by atoms with Crippen molar-refractivity contribution in [3.8, 4) is 0 Å². The summed E-state index contributed by atoms with van der Waals surface area (Å²) in [5.41, 5.74) is -1.10. The summed E-state index contributed by atoms with van der Waals surface area (Å²) < 4.78 is 0. The van der Waals surface area contributed by atoms with Crippen LogP contribution in [0.2, 0.25) is 0 Å². The molecule has 3 aliphatic rings. The second-order valence-corrected chi connectivity index (χ2v) is 6.20. The molecule has 6 nitrogen and oxygen atoms in total. The molecule has 112 valence electrons. The van der Waals surface area contributed by atoms with Gasteiger partial charge in [0, 0.05) is 13.1 Å². The SMILES string of the molecule is [B]C(=O)C1(N(N2CCC[C@H]2C=O)N2CCC[C@H]2C=O)CC1. The molecule has 0 N–H and O–H groups in total. The van der Waals surface area contributed by atoms with Crippen molar-refractivity contribution in [1.82, 2.24) is 15.1 Å². The molecule has 0 unspecified atom stereocenters. The quantitative estimate of drug-likeness (QED) is 0.493. The molecule has 2 atom stereocenters. The largest absolute Gasteiger partial charge is 0.311 e. The van der Waals surface area contributed by atoms with Gasteiger partial charge in [0.05, 0.1) is 23.3 Å². The molecular weight excluding hydrogens is 269 g/mol. The Bertz CT molecular complexity index is 429. The summed E-state index contributed by atoms with van der Waals surface area (Å²) in [6.07, 6.45) is 6.64. The van der Waals surface area contributed by atoms with E-state index >= 15 is 0 Å². The average molecular weight is 289 g/mol. The summed E-state index contributed by atoms with van der Waals surface area (Å²) >= 11 is 0. The second-order valence-electron chi connectivity index (χ2n) is 6.20. The maximum atomic E-state index is 12.0. The minimum absolute atomic E-state index is 0.227. The Morgan fingerprint density at radius 2 is 1.52 bits per heavy atom. The molecule has 3 fully saturated rings. The molecule has 1 aliphatic carbocycles. The molecule has 2 aliphatic heterocycles. The Balaban J connectivity index is 1.93. The van der Waals surface area contributed by atoms with Crippen LogP contribution in [-0.4, -0.2) is 71.9 Å². The molecule has 0 spiro atoms. The molecule has 21 heavy (non-hydrogen) atoms. The van der Waals surface area contributed by atoms with E-state index in [1.54, 1.807) is 0 Å². The lowest BCUT2D eigenvalue weighted by atomic mass is 9.93. The van der Waals surface area contributed by atoms with E-state index in [1.807, 2.05) is 15.1 Å². The number of rotatable bonds is 6. The molecular formula is C14H20BN3O3. The molecule has 2 saturated heterocycles. The molecule has 1 saturated carbocycles. The highest BCUT2D eigenvalue weighted by Gasteiger charge is 2.58. The van der Waals surface area contributed by atoms with Crippen molar-refractivity contribution in [2.24, 2.45) is 0 Å². The molecule has 0 aromatic rings. The van der Waals surface area contributed by atoms with Crippen molar-refractivity contribution in [2.45, 2.75) is 56.1 Å². The fourth-order valence-corrected chi connectivity index (χ4v) is 3.60. The number of carbonyl (C=O) groups is 3. The zero-order valence-corrected chi connectivity index (χ0v) is 12.1. The van der Waals surface area contributed by atoms with Crippen LogP contribution in [0, 0.1) is 0 Å². The highest BCUT2D eigenvalue weighted by Crippen LogP contribution is 2.46. The van der Waals surface area contributed by atoms with Gasteiger partial charge in [-0.15, -0.1) is 0 Å². The first-order valence-corrected chi connectivity index (χ1v) is 7.68. The van der Waals surface area contributed by atoms with Crippen LogP contribution in [0.5, 0.6) is 0 Å². The summed E-state index contributed by atoms with van der Waals surface area (Å²) in [6, 6.07) is -0.454. The van der Waals surface area contributed by atoms with Gasteiger partial charge in [-0.25, -0.2) is 10.0 Å². The Kier molecular flexibility index (Phi) is 3.99. The number of aldehydes is 2. The summed E-state index contributed by atoms with van der Waals surface area (Å²) in [5, 5.41) is 5.78. The van der Waals surface area contributed by atoms with Crippen molar-refractivity contribution >= 4 is 26.1 Å². The first-order chi connectivity index (χ1) is 10.1. The lowest BCUT2D eigenvalue weighted by Crippen LogP contribution is -2.64. The maximum Gasteiger partial charge on any atom is 0.170 e. The van der Waals surface area contributed by atoms with Gasteiger partial charge in [-0.05, 0) is 38.5 Å². The molecule has 0 amide bonds. The van der Waals surface area contributed by atoms with E-state index in [2.05, 4.69) is 0 Å². The zero-order chi connectivity index (χ0) is 15.0. The van der Waals surface area contributed by atoms with E-state index in [1.165, 1.54) is 0 Å². The van der Waals surface area contributed by atoms with Crippen LogP contribution in [0.25, 0.3) is 0 Å². The van der Waals surface area contributed by atoms with Crippen molar-refractivity contribution in [1.29, 1.82) is 0 Å². The van der Waals surface area contributed by atoms with E-state index in [-0.39, 0.29) is 17.8 Å². The summed E-state index contributed by atoms with van der Waals surface area (Å²) in [4.78, 5) is 34.6. The fraction of sp³-hybridized carbons (Fsp3) is 0.786. The van der Waals surface area contributed by atoms with Crippen LogP contribution >= 0.6 is 0 Å². The first-order valence-electron chi connectivity index (χ1n) is 7.68. The number of hydrogen-bond acceptors (Lipinski definition) is 6. The van der Waals surface area contributed by atoms with Gasteiger partial charge in [-0.3, -0.25) is 0 Å². The van der Waals surface area contributed by atoms with Gasteiger partial charge in [0.2, 0.25) is 0 Å². The monoisotopic (exact) mass is 289 g/mol. The van der Waals surface area contributed by atoms with Crippen molar-refractivity contribution in [2.75, 3.05) is 13.1 Å². The predicted molar refractivity (Wildman–Crippen MR) is 76.1 cm³/mol. The van der Waals surface area contributed by atoms with Crippen molar-refractivity contribution < 1.29 is 14.4 Å². The Morgan fingerprint density at radius 1 is 1.05 bits per heavy atom. The van der Waals surface area contributed by atoms with Gasteiger partial charge < -0.3 is 14.4 Å². The Morgan fingerprint density at radius 3 is 1.86 bits per heavy atom. The molecule has 7 heteroatoms. The van der Waals surface area contributed by atoms with E-state index in [9.17, 15) is 14.4 Å². The van der Waals surface area contributed by atoms with Gasteiger partial charge in [0.25, 0.3) is 0 Å². The number of hydrazine groups is 2. The summed E-state index contributed by atoms with van der Waals surface area (Å²) in [6.45, 7) is 1.45. The third-order valence-corrected chi connectivity index (χ3v) is 4.91. The lowest BCUT2D eigenvalue weighted by molar-refractivity contribution is -0.222. The van der Waals surface area contributed by atoms with Crippen LogP contribution in [0.3, 0.4) is 0 Å². The zero-order valence-electron chi connectivity index (χ0n) is 12.1. The maximum absolute atomic E-state index is 12.0. The van der Waals surface area contributed by atoms with Crippen molar-refractivity contribution in [3.05, 3.63) is 0 Å². The first kappa shape index (κ1) is 14.9. The summed E-state index contributed by atoms with van der Waals surface area (Å²) in [5.74, 6) is 0. The Labute approximate surface area is 125 Å². The fourth-order valence-electron chi connectivity index (χ4n) is 3.60. The van der Waals surface area contributed by atoms with E-state index in [0.717, 1.165) is 51.3 Å². The molecule has 0 aromatic heterocycles. The van der Waals surface area contributed by atoms with Gasteiger partial charge in [-0.2, -0.15) is 5.12 Å². The van der Waals surface area contributed by atoms with E-state index in [4.69, 9.17) is 7.85 Å². The minimum Gasteiger partial charge on any atom is -0.311 e. The standard InChI is InChI=1S/C14H20BN3O3/c15-13(21)14(5-6-14)18(16-7-1-3-11(16)9-19)17-8-2-4-12(17)10-20/h9-12H,1-8H2/t11-,12-/m0/s1. The number of hydrogen-bond donors (Lipinski definition) is 0. The summed E-state index contributed by atoms with van der Waals surface area (Å²) in [7, 11) is 5.63. The van der Waals surface area contributed by atoms with E-state index < -0.39 is 5.54 Å². The van der Waals surface area contributed by atoms with Crippen LogP contribution in [0.1, 0.15) is 38.5 Å². The third-order valence-electron chi connectivity index (χ3n) is 4.91. The van der Waals surface area contributed by atoms with Crippen LogP contribution in [-0.2, 0) is 14.4 Å². The van der Waals surface area contributed by atoms with Crippen molar-refractivity contribution in [3.63, 3.8) is 0 Å². The smallest absolute Gasteiger partial charge is 0.170 e. The van der Waals surface area contributed by atoms with Gasteiger partial charge in [0.15, 0.2) is 7.85 Å². The number of carbonyl (C=O) groups excluding carboxylic acids is 3. The average Bonchev–Trinajstić information content (AvgIpc) is 2.95.